The van der Waals surface area contributed by atoms with E-state index in [1.54, 1.807) is 0 Å². The van der Waals surface area contributed by atoms with Gasteiger partial charge < -0.3 is 14.2 Å². The molecule has 1 aromatic heterocycles. The molecule has 1 unspecified atom stereocenters. The van der Waals surface area contributed by atoms with E-state index in [4.69, 9.17) is 4.74 Å². The summed E-state index contributed by atoms with van der Waals surface area (Å²) < 4.78 is 7.67. The number of piperidine rings is 1. The molecular weight excluding hydrogens is 322 g/mol. The summed E-state index contributed by atoms with van der Waals surface area (Å²) in [6, 6.07) is 0. The zero-order chi connectivity index (χ0) is 16.8. The Labute approximate surface area is 149 Å². The van der Waals surface area contributed by atoms with Crippen molar-refractivity contribution >= 4 is 11.8 Å². The van der Waals surface area contributed by atoms with Crippen LogP contribution in [0.4, 0.5) is 0 Å². The summed E-state index contributed by atoms with van der Waals surface area (Å²) in [5.41, 5.74) is 0. The van der Waals surface area contributed by atoms with Gasteiger partial charge in [0.2, 0.25) is 0 Å². The van der Waals surface area contributed by atoms with Crippen molar-refractivity contribution in [1.29, 1.82) is 0 Å². The second-order valence-corrected chi connectivity index (χ2v) is 8.15. The molecule has 2 saturated heterocycles. The zero-order valence-corrected chi connectivity index (χ0v) is 15.9. The minimum atomic E-state index is 0.529. The van der Waals surface area contributed by atoms with Gasteiger partial charge in [0, 0.05) is 44.9 Å². The van der Waals surface area contributed by atoms with E-state index in [0.29, 0.717) is 5.92 Å². The van der Waals surface area contributed by atoms with Crippen molar-refractivity contribution < 1.29 is 4.74 Å². The number of thioether (sulfide) groups is 1. The summed E-state index contributed by atoms with van der Waals surface area (Å²) >= 11 is 2.03. The van der Waals surface area contributed by atoms with E-state index in [-0.39, 0.29) is 0 Å². The number of rotatable bonds is 7. The smallest absolute Gasteiger partial charge is 0.146 e. The van der Waals surface area contributed by atoms with E-state index in [1.165, 1.54) is 43.3 Å². The second-order valence-electron chi connectivity index (χ2n) is 6.76. The number of ether oxygens (including phenoxy) is 1. The van der Waals surface area contributed by atoms with Gasteiger partial charge in [-0.1, -0.05) is 6.92 Å². The number of likely N-dealkylation sites (tertiary alicyclic amines) is 1. The summed E-state index contributed by atoms with van der Waals surface area (Å²) in [6.07, 6.45) is 2.51. The van der Waals surface area contributed by atoms with Gasteiger partial charge in [0.1, 0.15) is 11.6 Å². The van der Waals surface area contributed by atoms with Crippen LogP contribution in [0.1, 0.15) is 37.3 Å². The quantitative estimate of drug-likeness (QED) is 0.694. The molecule has 1 atom stereocenters. The lowest BCUT2D eigenvalue weighted by Crippen LogP contribution is -2.37. The number of morpholine rings is 1. The summed E-state index contributed by atoms with van der Waals surface area (Å²) in [5.74, 6) is 5.24. The molecule has 0 saturated carbocycles. The first-order valence-corrected chi connectivity index (χ1v) is 10.4. The van der Waals surface area contributed by atoms with Crippen molar-refractivity contribution in [1.82, 2.24) is 24.6 Å². The van der Waals surface area contributed by atoms with Crippen LogP contribution in [0.25, 0.3) is 0 Å². The number of aromatic nitrogens is 3. The molecule has 0 bridgehead atoms. The van der Waals surface area contributed by atoms with Crippen LogP contribution in [0.15, 0.2) is 0 Å². The molecule has 136 valence electrons. The SMILES string of the molecule is CCSCCN1CCCC(c2nnc(CN3CCOCC3)n2C)C1. The van der Waals surface area contributed by atoms with Gasteiger partial charge in [-0.2, -0.15) is 11.8 Å². The molecule has 24 heavy (non-hydrogen) atoms. The first kappa shape index (κ1) is 18.2. The van der Waals surface area contributed by atoms with Gasteiger partial charge in [0.25, 0.3) is 0 Å². The van der Waals surface area contributed by atoms with Crippen LogP contribution < -0.4 is 0 Å². The third kappa shape index (κ3) is 4.71. The van der Waals surface area contributed by atoms with Crippen LogP contribution in [0.2, 0.25) is 0 Å². The van der Waals surface area contributed by atoms with E-state index in [1.807, 2.05) is 11.8 Å². The van der Waals surface area contributed by atoms with Crippen LogP contribution in [0.3, 0.4) is 0 Å². The molecule has 7 heteroatoms. The molecule has 6 nitrogen and oxygen atoms in total. The monoisotopic (exact) mass is 353 g/mol. The maximum Gasteiger partial charge on any atom is 0.146 e. The van der Waals surface area contributed by atoms with E-state index >= 15 is 0 Å². The molecule has 2 aliphatic heterocycles. The van der Waals surface area contributed by atoms with Crippen LogP contribution in [0.5, 0.6) is 0 Å². The molecule has 0 N–H and O–H groups in total. The van der Waals surface area contributed by atoms with E-state index in [9.17, 15) is 0 Å². The van der Waals surface area contributed by atoms with Gasteiger partial charge >= 0.3 is 0 Å². The third-order valence-corrected chi connectivity index (χ3v) is 5.97. The van der Waals surface area contributed by atoms with Crippen molar-refractivity contribution in [3.05, 3.63) is 11.6 Å². The van der Waals surface area contributed by atoms with Gasteiger partial charge in [0.15, 0.2) is 0 Å². The van der Waals surface area contributed by atoms with Gasteiger partial charge in [0.05, 0.1) is 19.8 Å². The molecule has 0 aromatic carbocycles. The summed E-state index contributed by atoms with van der Waals surface area (Å²) in [4.78, 5) is 5.01. The zero-order valence-electron chi connectivity index (χ0n) is 15.1. The van der Waals surface area contributed by atoms with Crippen LogP contribution >= 0.6 is 11.8 Å². The van der Waals surface area contributed by atoms with Crippen molar-refractivity contribution in [2.24, 2.45) is 7.05 Å². The number of hydrogen-bond acceptors (Lipinski definition) is 6. The van der Waals surface area contributed by atoms with Crippen LogP contribution in [-0.2, 0) is 18.3 Å². The van der Waals surface area contributed by atoms with E-state index in [0.717, 1.165) is 45.2 Å². The Morgan fingerprint density at radius 2 is 2.00 bits per heavy atom. The van der Waals surface area contributed by atoms with Crippen LogP contribution in [0, 0.1) is 0 Å². The fraction of sp³-hybridized carbons (Fsp3) is 0.882. The number of hydrogen-bond donors (Lipinski definition) is 0. The second kappa shape index (κ2) is 9.17. The predicted molar refractivity (Wildman–Crippen MR) is 98.5 cm³/mol. The Kier molecular flexibility index (Phi) is 6.95. The predicted octanol–water partition coefficient (Wildman–Crippen LogP) is 1.58. The molecule has 1 aromatic rings. The summed E-state index contributed by atoms with van der Waals surface area (Å²) in [5, 5.41) is 9.05. The fourth-order valence-electron chi connectivity index (χ4n) is 3.64. The van der Waals surface area contributed by atoms with Crippen LogP contribution in [-0.4, -0.2) is 82.0 Å². The van der Waals surface area contributed by atoms with Gasteiger partial charge in [-0.3, -0.25) is 4.90 Å². The maximum absolute atomic E-state index is 5.43. The largest absolute Gasteiger partial charge is 0.379 e. The van der Waals surface area contributed by atoms with Crippen molar-refractivity contribution in [2.75, 3.05) is 57.4 Å². The summed E-state index contributed by atoms with van der Waals surface area (Å²) in [7, 11) is 2.14. The first-order valence-electron chi connectivity index (χ1n) is 9.26. The molecule has 2 aliphatic rings. The minimum absolute atomic E-state index is 0.529. The number of nitrogens with zero attached hydrogens (tertiary/aromatic N) is 5. The third-order valence-electron chi connectivity index (χ3n) is 5.09. The first-order chi connectivity index (χ1) is 11.8. The Morgan fingerprint density at radius 3 is 2.79 bits per heavy atom. The molecule has 0 aliphatic carbocycles. The van der Waals surface area contributed by atoms with Gasteiger partial charge in [-0.05, 0) is 25.1 Å². The standard InChI is InChI=1S/C17H31N5OS/c1-3-24-12-9-21-6-4-5-15(13-21)17-19-18-16(20(17)2)14-22-7-10-23-11-8-22/h15H,3-14H2,1-2H3. The highest BCUT2D eigenvalue weighted by molar-refractivity contribution is 7.99. The lowest BCUT2D eigenvalue weighted by Gasteiger charge is -2.32. The lowest BCUT2D eigenvalue weighted by molar-refractivity contribution is 0.0326. The van der Waals surface area contributed by atoms with Crippen molar-refractivity contribution in [3.8, 4) is 0 Å². The van der Waals surface area contributed by atoms with Crippen molar-refractivity contribution in [2.45, 2.75) is 32.2 Å². The molecule has 3 heterocycles. The Hall–Kier alpha value is -0.630. The Bertz CT molecular complexity index is 503. The molecular formula is C17H31N5OS. The maximum atomic E-state index is 5.43. The highest BCUT2D eigenvalue weighted by atomic mass is 32.2. The van der Waals surface area contributed by atoms with E-state index in [2.05, 4.69) is 38.5 Å². The highest BCUT2D eigenvalue weighted by Gasteiger charge is 2.26. The van der Waals surface area contributed by atoms with Gasteiger partial charge in [-0.15, -0.1) is 10.2 Å². The minimum Gasteiger partial charge on any atom is -0.379 e. The van der Waals surface area contributed by atoms with Gasteiger partial charge in [-0.25, -0.2) is 0 Å². The Balaban J connectivity index is 1.57. The highest BCUT2D eigenvalue weighted by Crippen LogP contribution is 2.26. The van der Waals surface area contributed by atoms with E-state index < -0.39 is 0 Å². The Morgan fingerprint density at radius 1 is 1.17 bits per heavy atom. The lowest BCUT2D eigenvalue weighted by atomic mass is 9.97. The molecule has 0 radical (unpaired) electrons. The molecule has 2 fully saturated rings. The normalized spacial score (nSPS) is 23.7. The average Bonchev–Trinajstić information content (AvgIpc) is 2.97. The average molecular weight is 354 g/mol. The topological polar surface area (TPSA) is 46.4 Å². The molecule has 0 amide bonds. The fourth-order valence-corrected chi connectivity index (χ4v) is 4.31. The van der Waals surface area contributed by atoms with Crippen molar-refractivity contribution in [3.63, 3.8) is 0 Å². The molecule has 3 rings (SSSR count). The summed E-state index contributed by atoms with van der Waals surface area (Å²) in [6.45, 7) is 10.3. The molecule has 0 spiro atoms.